The first kappa shape index (κ1) is 12.7. The molecular weight excluding hydrogens is 248 g/mol. The van der Waals surface area contributed by atoms with Crippen LogP contribution < -0.4 is 5.32 Å². The van der Waals surface area contributed by atoms with E-state index in [9.17, 15) is 0 Å². The minimum Gasteiger partial charge on any atom is -0.312 e. The monoisotopic (exact) mass is 266 g/mol. The molecule has 2 heterocycles. The molecule has 2 aromatic rings. The van der Waals surface area contributed by atoms with Crippen LogP contribution in [-0.4, -0.2) is 12.0 Å². The second-order valence-corrected chi connectivity index (χ2v) is 6.30. The van der Waals surface area contributed by atoms with Crippen LogP contribution in [0.1, 0.15) is 35.3 Å². The Morgan fingerprint density at radius 2 is 2.12 bits per heavy atom. The van der Waals surface area contributed by atoms with Gasteiger partial charge in [-0.2, -0.15) is 0 Å². The Bertz CT molecular complexity index is 499. The average Bonchev–Trinajstić information content (AvgIpc) is 2.94. The van der Waals surface area contributed by atoms with Crippen LogP contribution in [0.25, 0.3) is 9.88 Å². The molecule has 0 radical (unpaired) electrons. The summed E-state index contributed by atoms with van der Waals surface area (Å²) < 4.78 is 0. The normalized spacial score (nSPS) is 12.9. The molecule has 0 amide bonds. The molecule has 0 aliphatic rings. The van der Waals surface area contributed by atoms with E-state index in [1.807, 2.05) is 18.4 Å². The van der Waals surface area contributed by atoms with E-state index in [0.717, 1.165) is 17.1 Å². The van der Waals surface area contributed by atoms with Crippen molar-refractivity contribution in [1.29, 1.82) is 0 Å². The molecular formula is C13H18N2S2. The number of nitrogens with one attached hydrogen (secondary N) is 1. The van der Waals surface area contributed by atoms with Crippen molar-refractivity contribution in [2.24, 2.45) is 0 Å². The van der Waals surface area contributed by atoms with Gasteiger partial charge in [-0.25, -0.2) is 4.98 Å². The second kappa shape index (κ2) is 5.29. The van der Waals surface area contributed by atoms with Crippen molar-refractivity contribution in [1.82, 2.24) is 10.3 Å². The molecule has 0 bridgehead atoms. The number of hydrogen-bond donors (Lipinski definition) is 1. The number of rotatable bonds is 4. The lowest BCUT2D eigenvalue weighted by atomic mass is 10.2. The van der Waals surface area contributed by atoms with E-state index in [4.69, 9.17) is 0 Å². The van der Waals surface area contributed by atoms with Gasteiger partial charge in [0.25, 0.3) is 0 Å². The zero-order valence-electron chi connectivity index (χ0n) is 10.7. The molecule has 1 atom stereocenters. The highest BCUT2D eigenvalue weighted by Gasteiger charge is 2.14. The first-order valence-corrected chi connectivity index (χ1v) is 7.52. The molecule has 1 unspecified atom stereocenters. The van der Waals surface area contributed by atoms with E-state index < -0.39 is 0 Å². The van der Waals surface area contributed by atoms with Crippen LogP contribution in [0, 0.1) is 6.92 Å². The van der Waals surface area contributed by atoms with E-state index in [1.54, 1.807) is 11.3 Å². The van der Waals surface area contributed by atoms with Crippen LogP contribution in [-0.2, 0) is 6.42 Å². The maximum atomic E-state index is 4.69. The van der Waals surface area contributed by atoms with Gasteiger partial charge in [-0.1, -0.05) is 6.92 Å². The van der Waals surface area contributed by atoms with Crippen molar-refractivity contribution in [3.05, 3.63) is 27.6 Å². The van der Waals surface area contributed by atoms with E-state index in [1.165, 1.54) is 14.6 Å². The molecule has 2 nitrogen and oxygen atoms in total. The topological polar surface area (TPSA) is 24.9 Å². The Kier molecular flexibility index (Phi) is 3.97. The van der Waals surface area contributed by atoms with Gasteiger partial charge in [0.1, 0.15) is 5.01 Å². The third kappa shape index (κ3) is 2.59. The number of hydrogen-bond acceptors (Lipinski definition) is 4. The summed E-state index contributed by atoms with van der Waals surface area (Å²) in [6.45, 7) is 6.46. The fraction of sp³-hybridized carbons (Fsp3) is 0.462. The molecule has 4 heteroatoms. The Balaban J connectivity index is 2.33. The van der Waals surface area contributed by atoms with Crippen LogP contribution in [0.4, 0.5) is 0 Å². The number of thiazole rings is 1. The fourth-order valence-corrected chi connectivity index (χ4v) is 3.86. The Morgan fingerprint density at radius 3 is 2.71 bits per heavy atom. The number of thiophene rings is 1. The number of aryl methyl sites for hydroxylation is 2. The first-order valence-electron chi connectivity index (χ1n) is 5.89. The van der Waals surface area contributed by atoms with Gasteiger partial charge in [-0.3, -0.25) is 0 Å². The van der Waals surface area contributed by atoms with E-state index in [-0.39, 0.29) is 0 Å². The standard InChI is InChI=1S/C13H18N2S2/c1-5-10-6-7-11(16-10)13-15-9(3)12(17-13)8(2)14-4/h6-8,14H,5H2,1-4H3. The lowest BCUT2D eigenvalue weighted by Gasteiger charge is -2.06. The van der Waals surface area contributed by atoms with Gasteiger partial charge in [0.15, 0.2) is 0 Å². The van der Waals surface area contributed by atoms with Crippen LogP contribution >= 0.6 is 22.7 Å². The van der Waals surface area contributed by atoms with Crippen LogP contribution in [0.15, 0.2) is 12.1 Å². The van der Waals surface area contributed by atoms with Crippen molar-refractivity contribution in [2.75, 3.05) is 7.05 Å². The summed E-state index contributed by atoms with van der Waals surface area (Å²) in [5.41, 5.74) is 1.15. The molecule has 0 aliphatic carbocycles. The lowest BCUT2D eigenvalue weighted by molar-refractivity contribution is 0.658. The molecule has 92 valence electrons. The predicted molar refractivity (Wildman–Crippen MR) is 77.0 cm³/mol. The second-order valence-electron chi connectivity index (χ2n) is 4.10. The Morgan fingerprint density at radius 1 is 1.35 bits per heavy atom. The Hall–Kier alpha value is -0.710. The SMILES string of the molecule is CCc1ccc(-c2nc(C)c(C(C)NC)s2)s1. The van der Waals surface area contributed by atoms with Gasteiger partial charge in [0, 0.05) is 15.8 Å². The highest BCUT2D eigenvalue weighted by molar-refractivity contribution is 7.21. The van der Waals surface area contributed by atoms with Crippen LogP contribution in [0.5, 0.6) is 0 Å². The largest absolute Gasteiger partial charge is 0.312 e. The summed E-state index contributed by atoms with van der Waals surface area (Å²) in [5.74, 6) is 0. The van der Waals surface area contributed by atoms with Gasteiger partial charge >= 0.3 is 0 Å². The van der Waals surface area contributed by atoms with Crippen molar-refractivity contribution in [3.63, 3.8) is 0 Å². The summed E-state index contributed by atoms with van der Waals surface area (Å²) in [5, 5.41) is 4.43. The zero-order chi connectivity index (χ0) is 12.4. The summed E-state index contributed by atoms with van der Waals surface area (Å²) in [6, 6.07) is 4.78. The average molecular weight is 266 g/mol. The molecule has 2 rings (SSSR count). The van der Waals surface area contributed by atoms with Crippen LogP contribution in [0.3, 0.4) is 0 Å². The van der Waals surface area contributed by atoms with Gasteiger partial charge in [-0.05, 0) is 39.4 Å². The summed E-state index contributed by atoms with van der Waals surface area (Å²) in [4.78, 5) is 8.75. The predicted octanol–water partition coefficient (Wildman–Crippen LogP) is 4.02. The molecule has 0 aromatic carbocycles. The highest BCUT2D eigenvalue weighted by Crippen LogP contribution is 2.35. The molecule has 0 saturated heterocycles. The Labute approximate surface area is 111 Å². The smallest absolute Gasteiger partial charge is 0.133 e. The quantitative estimate of drug-likeness (QED) is 0.904. The fourth-order valence-electron chi connectivity index (χ4n) is 1.73. The van der Waals surface area contributed by atoms with Crippen LogP contribution in [0.2, 0.25) is 0 Å². The lowest BCUT2D eigenvalue weighted by Crippen LogP contribution is -2.11. The summed E-state index contributed by atoms with van der Waals surface area (Å²) >= 11 is 3.66. The minimum absolute atomic E-state index is 0.381. The van der Waals surface area contributed by atoms with Gasteiger partial charge in [0.05, 0.1) is 10.6 Å². The molecule has 1 N–H and O–H groups in total. The summed E-state index contributed by atoms with van der Waals surface area (Å²) in [6.07, 6.45) is 1.11. The first-order chi connectivity index (χ1) is 8.15. The van der Waals surface area contributed by atoms with Crippen molar-refractivity contribution in [2.45, 2.75) is 33.2 Å². The number of nitrogens with zero attached hydrogens (tertiary/aromatic N) is 1. The molecule has 0 aliphatic heterocycles. The summed E-state index contributed by atoms with van der Waals surface area (Å²) in [7, 11) is 1.99. The van der Waals surface area contributed by atoms with Crippen molar-refractivity contribution in [3.8, 4) is 9.88 Å². The van der Waals surface area contributed by atoms with E-state index in [2.05, 4.69) is 43.2 Å². The molecule has 17 heavy (non-hydrogen) atoms. The molecule has 0 fully saturated rings. The van der Waals surface area contributed by atoms with Gasteiger partial charge in [-0.15, -0.1) is 22.7 Å². The highest BCUT2D eigenvalue weighted by atomic mass is 32.1. The van der Waals surface area contributed by atoms with Crippen molar-refractivity contribution >= 4 is 22.7 Å². The number of aromatic nitrogens is 1. The molecule has 0 saturated carbocycles. The van der Waals surface area contributed by atoms with Gasteiger partial charge < -0.3 is 5.32 Å². The minimum atomic E-state index is 0.381. The third-order valence-electron chi connectivity index (χ3n) is 2.88. The van der Waals surface area contributed by atoms with Gasteiger partial charge in [0.2, 0.25) is 0 Å². The maximum Gasteiger partial charge on any atom is 0.133 e. The molecule has 2 aromatic heterocycles. The maximum absolute atomic E-state index is 4.69. The van der Waals surface area contributed by atoms with Crippen molar-refractivity contribution < 1.29 is 0 Å². The van der Waals surface area contributed by atoms with E-state index >= 15 is 0 Å². The zero-order valence-corrected chi connectivity index (χ0v) is 12.3. The third-order valence-corrected chi connectivity index (χ3v) is 5.62. The van der Waals surface area contributed by atoms with E-state index in [0.29, 0.717) is 6.04 Å². The molecule has 0 spiro atoms.